The van der Waals surface area contributed by atoms with Gasteiger partial charge in [-0.1, -0.05) is 30.3 Å². The van der Waals surface area contributed by atoms with Crippen LogP contribution in [0.4, 0.5) is 0 Å². The third-order valence-electron chi connectivity index (χ3n) is 5.14. The van der Waals surface area contributed by atoms with Gasteiger partial charge in [0.05, 0.1) is 13.2 Å². The number of para-hydroxylation sites is 1. The van der Waals surface area contributed by atoms with E-state index in [0.29, 0.717) is 19.4 Å². The lowest BCUT2D eigenvalue weighted by atomic mass is 9.94. The topological polar surface area (TPSA) is 92.6 Å². The van der Waals surface area contributed by atoms with Crippen LogP contribution in [-0.2, 0) is 16.0 Å². The number of esters is 1. The number of nitrogens with zero attached hydrogens (tertiary/aromatic N) is 1. The zero-order chi connectivity index (χ0) is 20.4. The summed E-state index contributed by atoms with van der Waals surface area (Å²) in [5.41, 5.74) is 2.52. The molecule has 0 bridgehead atoms. The summed E-state index contributed by atoms with van der Waals surface area (Å²) in [4.78, 5) is 41.2. The molecule has 7 heteroatoms. The normalized spacial score (nSPS) is 16.2. The lowest BCUT2D eigenvalue weighted by Gasteiger charge is -2.35. The Labute approximate surface area is 166 Å². The monoisotopic (exact) mass is 392 g/mol. The standard InChI is InChI=1S/C22H20N2O5/c1-28-19(25)10-4-8-17-21-15(14-6-2-3-7-16(14)23-21)12-13-24(17)22(27)18-9-5-11-20(26)29-18/h2-7,9-11,17,23H,8,12-13H2,1H3/b10-4+. The van der Waals surface area contributed by atoms with Crippen LogP contribution in [0.5, 0.6) is 0 Å². The summed E-state index contributed by atoms with van der Waals surface area (Å²) in [6.45, 7) is 0.475. The Morgan fingerprint density at radius 3 is 2.86 bits per heavy atom. The molecule has 148 valence electrons. The zero-order valence-corrected chi connectivity index (χ0v) is 15.9. The summed E-state index contributed by atoms with van der Waals surface area (Å²) in [5.74, 6) is -0.813. The van der Waals surface area contributed by atoms with E-state index in [0.717, 1.165) is 22.2 Å². The summed E-state index contributed by atoms with van der Waals surface area (Å²) in [5, 5.41) is 1.13. The minimum Gasteiger partial charge on any atom is -0.466 e. The maximum Gasteiger partial charge on any atom is 0.336 e. The number of nitrogens with one attached hydrogen (secondary N) is 1. The second kappa shape index (κ2) is 7.79. The SMILES string of the molecule is COC(=O)/C=C/CC1c2[nH]c3ccccc3c2CCN1C(=O)c1cccc(=O)o1. The highest BCUT2D eigenvalue weighted by molar-refractivity contribution is 5.93. The predicted molar refractivity (Wildman–Crippen MR) is 107 cm³/mol. The summed E-state index contributed by atoms with van der Waals surface area (Å²) in [6.07, 6.45) is 4.14. The fourth-order valence-corrected chi connectivity index (χ4v) is 3.81. The van der Waals surface area contributed by atoms with E-state index in [1.165, 1.54) is 31.4 Å². The van der Waals surface area contributed by atoms with Gasteiger partial charge >= 0.3 is 11.6 Å². The molecule has 1 unspecified atom stereocenters. The molecule has 29 heavy (non-hydrogen) atoms. The summed E-state index contributed by atoms with van der Waals surface area (Å²) < 4.78 is 9.75. The Bertz CT molecular complexity index is 1160. The fraction of sp³-hybridized carbons (Fsp3) is 0.227. The van der Waals surface area contributed by atoms with Crippen LogP contribution < -0.4 is 5.63 Å². The van der Waals surface area contributed by atoms with Gasteiger partial charge in [-0.25, -0.2) is 9.59 Å². The fourth-order valence-electron chi connectivity index (χ4n) is 3.81. The highest BCUT2D eigenvalue weighted by Gasteiger charge is 2.34. The Morgan fingerprint density at radius 2 is 2.07 bits per heavy atom. The highest BCUT2D eigenvalue weighted by Crippen LogP contribution is 2.37. The van der Waals surface area contributed by atoms with E-state index in [1.54, 1.807) is 11.0 Å². The minimum absolute atomic E-state index is 0.000918. The molecule has 1 N–H and O–H groups in total. The first kappa shape index (κ1) is 18.7. The number of methoxy groups -OCH3 is 1. The molecule has 0 fully saturated rings. The van der Waals surface area contributed by atoms with Gasteiger partial charge < -0.3 is 19.0 Å². The van der Waals surface area contributed by atoms with Gasteiger partial charge in [-0.3, -0.25) is 4.79 Å². The van der Waals surface area contributed by atoms with Gasteiger partial charge in [-0.2, -0.15) is 0 Å². The molecule has 2 aromatic heterocycles. The number of aromatic nitrogens is 1. The zero-order valence-electron chi connectivity index (χ0n) is 15.9. The van der Waals surface area contributed by atoms with E-state index < -0.39 is 11.6 Å². The predicted octanol–water partition coefficient (Wildman–Crippen LogP) is 2.98. The molecule has 0 saturated heterocycles. The van der Waals surface area contributed by atoms with Crippen molar-refractivity contribution in [3.8, 4) is 0 Å². The van der Waals surface area contributed by atoms with E-state index in [2.05, 4.69) is 15.8 Å². The average Bonchev–Trinajstić information content (AvgIpc) is 3.12. The molecular weight excluding hydrogens is 372 g/mol. The number of benzene rings is 1. The third-order valence-corrected chi connectivity index (χ3v) is 5.14. The van der Waals surface area contributed by atoms with Gasteiger partial charge in [0.1, 0.15) is 0 Å². The second-order valence-corrected chi connectivity index (χ2v) is 6.80. The van der Waals surface area contributed by atoms with Gasteiger partial charge in [0.25, 0.3) is 5.91 Å². The van der Waals surface area contributed by atoms with Crippen molar-refractivity contribution in [3.05, 3.63) is 82.1 Å². The molecule has 0 radical (unpaired) electrons. The van der Waals surface area contributed by atoms with Gasteiger partial charge in [0, 0.05) is 35.3 Å². The Kier molecular flexibility index (Phi) is 5.03. The third kappa shape index (κ3) is 3.59. The van der Waals surface area contributed by atoms with E-state index in [4.69, 9.17) is 4.42 Å². The molecule has 1 aliphatic rings. The Balaban J connectivity index is 1.74. The van der Waals surface area contributed by atoms with Crippen molar-refractivity contribution in [3.63, 3.8) is 0 Å². The molecular formula is C22H20N2O5. The molecule has 0 saturated carbocycles. The van der Waals surface area contributed by atoms with Crippen LogP contribution >= 0.6 is 0 Å². The number of hydrogen-bond donors (Lipinski definition) is 1. The molecule has 3 heterocycles. The van der Waals surface area contributed by atoms with E-state index in [9.17, 15) is 14.4 Å². The lowest BCUT2D eigenvalue weighted by Crippen LogP contribution is -2.40. The van der Waals surface area contributed by atoms with Crippen molar-refractivity contribution in [2.45, 2.75) is 18.9 Å². The molecule has 1 atom stereocenters. The van der Waals surface area contributed by atoms with Crippen LogP contribution in [0.2, 0.25) is 0 Å². The molecule has 3 aromatic rings. The van der Waals surface area contributed by atoms with Crippen molar-refractivity contribution in [2.75, 3.05) is 13.7 Å². The van der Waals surface area contributed by atoms with Crippen molar-refractivity contribution < 1.29 is 18.7 Å². The first-order valence-corrected chi connectivity index (χ1v) is 9.33. The molecule has 1 amide bonds. The lowest BCUT2D eigenvalue weighted by molar-refractivity contribution is -0.134. The number of rotatable bonds is 4. The van der Waals surface area contributed by atoms with Gasteiger partial charge in [-0.15, -0.1) is 0 Å². The summed E-state index contributed by atoms with van der Waals surface area (Å²) >= 11 is 0. The summed E-state index contributed by atoms with van der Waals surface area (Å²) in [7, 11) is 1.32. The Hall–Kier alpha value is -3.61. The molecule has 4 rings (SSSR count). The van der Waals surface area contributed by atoms with Crippen LogP contribution in [0.1, 0.15) is 34.3 Å². The Morgan fingerprint density at radius 1 is 1.24 bits per heavy atom. The number of aromatic amines is 1. The maximum absolute atomic E-state index is 13.1. The van der Waals surface area contributed by atoms with E-state index >= 15 is 0 Å². The summed E-state index contributed by atoms with van der Waals surface area (Å²) in [6, 6.07) is 11.9. The quantitative estimate of drug-likeness (QED) is 0.544. The van der Waals surface area contributed by atoms with Crippen molar-refractivity contribution >= 4 is 22.8 Å². The van der Waals surface area contributed by atoms with Crippen molar-refractivity contribution in [2.24, 2.45) is 0 Å². The van der Waals surface area contributed by atoms with E-state index in [-0.39, 0.29) is 17.7 Å². The first-order valence-electron chi connectivity index (χ1n) is 9.33. The van der Waals surface area contributed by atoms with Gasteiger partial charge in [0.15, 0.2) is 5.76 Å². The smallest absolute Gasteiger partial charge is 0.336 e. The van der Waals surface area contributed by atoms with Crippen LogP contribution in [0.3, 0.4) is 0 Å². The molecule has 0 spiro atoms. The van der Waals surface area contributed by atoms with Crippen LogP contribution in [-0.4, -0.2) is 35.4 Å². The maximum atomic E-state index is 13.1. The van der Waals surface area contributed by atoms with Crippen LogP contribution in [0.25, 0.3) is 10.9 Å². The number of fused-ring (bicyclic) bond motifs is 3. The van der Waals surface area contributed by atoms with Crippen molar-refractivity contribution in [1.82, 2.24) is 9.88 Å². The minimum atomic E-state index is -0.568. The number of carbonyl (C=O) groups excluding carboxylic acids is 2. The number of carbonyl (C=O) groups is 2. The number of hydrogen-bond acceptors (Lipinski definition) is 5. The van der Waals surface area contributed by atoms with Crippen LogP contribution in [0.15, 0.2) is 63.8 Å². The first-order chi connectivity index (χ1) is 14.1. The van der Waals surface area contributed by atoms with Gasteiger partial charge in [0.2, 0.25) is 0 Å². The highest BCUT2D eigenvalue weighted by atomic mass is 16.5. The number of amides is 1. The van der Waals surface area contributed by atoms with Crippen LogP contribution in [0, 0.1) is 0 Å². The largest absolute Gasteiger partial charge is 0.466 e. The van der Waals surface area contributed by atoms with Crippen molar-refractivity contribution in [1.29, 1.82) is 0 Å². The molecule has 0 aliphatic carbocycles. The van der Waals surface area contributed by atoms with E-state index in [1.807, 2.05) is 18.2 Å². The average molecular weight is 392 g/mol. The number of H-pyrrole nitrogens is 1. The molecule has 1 aliphatic heterocycles. The molecule has 1 aromatic carbocycles. The molecule has 7 nitrogen and oxygen atoms in total. The second-order valence-electron chi connectivity index (χ2n) is 6.80. The number of ether oxygens (including phenoxy) is 1. The van der Waals surface area contributed by atoms with Gasteiger partial charge in [-0.05, 0) is 30.5 Å².